The number of carbonyl (C=O) groups excluding carboxylic acids is 1. The summed E-state index contributed by atoms with van der Waals surface area (Å²) in [5, 5.41) is 11.6. The highest BCUT2D eigenvalue weighted by atomic mass is 16.7. The van der Waals surface area contributed by atoms with Crippen LogP contribution in [0.25, 0.3) is 0 Å². The largest absolute Gasteiger partial charge is 0.390 e. The Morgan fingerprint density at radius 1 is 1.12 bits per heavy atom. The van der Waals surface area contributed by atoms with E-state index in [9.17, 15) is 9.90 Å². The zero-order valence-electron chi connectivity index (χ0n) is 22.4. The molecule has 0 aromatic heterocycles. The van der Waals surface area contributed by atoms with Gasteiger partial charge in [0, 0.05) is 11.3 Å². The molecule has 2 saturated carbocycles. The molecule has 4 nitrogen and oxygen atoms in total. The van der Waals surface area contributed by atoms with Gasteiger partial charge in [-0.1, -0.05) is 46.6 Å². The summed E-state index contributed by atoms with van der Waals surface area (Å²) in [5.41, 5.74) is 1.83. The highest BCUT2D eigenvalue weighted by molar-refractivity contribution is 5.96. The maximum absolute atomic E-state index is 13.6. The molecular weight excluding hydrogens is 424 g/mol. The van der Waals surface area contributed by atoms with Gasteiger partial charge in [-0.2, -0.15) is 0 Å². The van der Waals surface area contributed by atoms with Gasteiger partial charge in [-0.3, -0.25) is 4.79 Å². The summed E-state index contributed by atoms with van der Waals surface area (Å²) in [5.74, 6) is 0.965. The Hall–Kier alpha value is -0.970. The van der Waals surface area contributed by atoms with Gasteiger partial charge in [0.1, 0.15) is 0 Å². The molecule has 0 radical (unpaired) electrons. The number of fused-ring (bicyclic) bond motifs is 6. The molecule has 34 heavy (non-hydrogen) atoms. The number of carbonyl (C=O) groups is 1. The van der Waals surface area contributed by atoms with Crippen LogP contribution >= 0.6 is 0 Å². The van der Waals surface area contributed by atoms with Crippen molar-refractivity contribution in [3.05, 3.63) is 23.3 Å². The summed E-state index contributed by atoms with van der Waals surface area (Å²) in [6, 6.07) is 0. The van der Waals surface area contributed by atoms with Gasteiger partial charge in [-0.15, -0.1) is 0 Å². The number of aliphatic hydroxyl groups is 1. The Morgan fingerprint density at radius 2 is 1.82 bits per heavy atom. The molecule has 8 atom stereocenters. The zero-order valence-corrected chi connectivity index (χ0v) is 22.4. The molecule has 1 heterocycles. The van der Waals surface area contributed by atoms with Crippen molar-refractivity contribution in [2.24, 2.45) is 34.5 Å². The molecule has 190 valence electrons. The average molecular weight is 471 g/mol. The molecule has 0 aromatic carbocycles. The topological polar surface area (TPSA) is 55.8 Å². The Kier molecular flexibility index (Phi) is 5.83. The quantitative estimate of drug-likeness (QED) is 0.507. The molecule has 0 amide bonds. The minimum Gasteiger partial charge on any atom is -0.390 e. The van der Waals surface area contributed by atoms with E-state index in [4.69, 9.17) is 9.47 Å². The van der Waals surface area contributed by atoms with Gasteiger partial charge >= 0.3 is 0 Å². The SMILES string of the molecule is CC(C)CCC[C@](C)(O)C1CCC2C3=CC(=O)C4CC5OC(C)(C)O[C@H]5CC4(C)C3=CCC21C. The maximum atomic E-state index is 13.6. The summed E-state index contributed by atoms with van der Waals surface area (Å²) in [7, 11) is 0. The fourth-order valence-electron chi connectivity index (χ4n) is 8.78. The van der Waals surface area contributed by atoms with Crippen LogP contribution in [0.15, 0.2) is 23.3 Å². The third-order valence-corrected chi connectivity index (χ3v) is 10.4. The normalized spacial score (nSPS) is 44.5. The Morgan fingerprint density at radius 3 is 2.53 bits per heavy atom. The molecule has 5 rings (SSSR count). The van der Waals surface area contributed by atoms with Crippen LogP contribution in [0.1, 0.15) is 99.8 Å². The molecular formula is C30H46O4. The molecule has 5 aliphatic rings. The van der Waals surface area contributed by atoms with E-state index in [1.54, 1.807) is 0 Å². The second kappa shape index (κ2) is 8.02. The van der Waals surface area contributed by atoms with Crippen molar-refractivity contribution >= 4 is 5.78 Å². The van der Waals surface area contributed by atoms with Crippen molar-refractivity contribution in [1.82, 2.24) is 0 Å². The molecule has 4 aliphatic carbocycles. The molecule has 1 saturated heterocycles. The Labute approximate surface area is 206 Å². The van der Waals surface area contributed by atoms with Crippen LogP contribution in [-0.2, 0) is 14.3 Å². The number of allylic oxidation sites excluding steroid dienone is 4. The monoisotopic (exact) mass is 470 g/mol. The predicted molar refractivity (Wildman–Crippen MR) is 134 cm³/mol. The molecule has 0 bridgehead atoms. The second-order valence-electron chi connectivity index (χ2n) is 13.8. The molecule has 3 fully saturated rings. The lowest BCUT2D eigenvalue weighted by Crippen LogP contribution is -2.52. The van der Waals surface area contributed by atoms with Gasteiger partial charge < -0.3 is 14.6 Å². The van der Waals surface area contributed by atoms with Crippen LogP contribution in [0, 0.1) is 34.5 Å². The van der Waals surface area contributed by atoms with Crippen LogP contribution in [0.2, 0.25) is 0 Å². The molecule has 0 aromatic rings. The number of hydrogen-bond acceptors (Lipinski definition) is 4. The van der Waals surface area contributed by atoms with Crippen molar-refractivity contribution in [3.63, 3.8) is 0 Å². The Balaban J connectivity index is 1.43. The van der Waals surface area contributed by atoms with Gasteiger partial charge in [0.25, 0.3) is 0 Å². The van der Waals surface area contributed by atoms with Gasteiger partial charge in [0.05, 0.1) is 17.8 Å². The van der Waals surface area contributed by atoms with Crippen molar-refractivity contribution in [2.45, 2.75) is 123 Å². The third-order valence-electron chi connectivity index (χ3n) is 10.4. The van der Waals surface area contributed by atoms with E-state index in [0.717, 1.165) is 51.4 Å². The predicted octanol–water partition coefficient (Wildman–Crippen LogP) is 6.37. The third kappa shape index (κ3) is 3.78. The number of rotatable bonds is 5. The number of ether oxygens (including phenoxy) is 2. The molecule has 0 spiro atoms. The summed E-state index contributed by atoms with van der Waals surface area (Å²) >= 11 is 0. The summed E-state index contributed by atoms with van der Waals surface area (Å²) in [6.45, 7) is 15.2. The van der Waals surface area contributed by atoms with Crippen molar-refractivity contribution in [1.29, 1.82) is 0 Å². The smallest absolute Gasteiger partial charge is 0.163 e. The lowest BCUT2D eigenvalue weighted by Gasteiger charge is -2.54. The summed E-state index contributed by atoms with van der Waals surface area (Å²) < 4.78 is 12.5. The standard InChI is InChI=1S/C30H46O4/c1-18(2)9-8-13-30(7,32)26-11-10-20-19-15-23(31)22-16-24-25(34-27(3,4)33-24)17-29(22,6)21(19)12-14-28(20,26)5/h12,15,18,20,22,24-26,32H,8-11,13-14,16-17H2,1-7H3/t20?,22?,24?,25-,26?,28?,29?,30-/m0/s1. The fourth-order valence-corrected chi connectivity index (χ4v) is 8.78. The lowest BCUT2D eigenvalue weighted by molar-refractivity contribution is -0.146. The molecule has 6 unspecified atom stereocenters. The average Bonchev–Trinajstić information content (AvgIpc) is 3.21. The van der Waals surface area contributed by atoms with Crippen molar-refractivity contribution < 1.29 is 19.4 Å². The summed E-state index contributed by atoms with van der Waals surface area (Å²) in [6.07, 6.45) is 12.3. The second-order valence-corrected chi connectivity index (χ2v) is 13.8. The first-order valence-electron chi connectivity index (χ1n) is 13.8. The van der Waals surface area contributed by atoms with E-state index < -0.39 is 11.4 Å². The van der Waals surface area contributed by atoms with E-state index in [-0.39, 0.29) is 40.7 Å². The highest BCUT2D eigenvalue weighted by Gasteiger charge is 2.61. The Bertz CT molecular complexity index is 911. The van der Waals surface area contributed by atoms with E-state index in [0.29, 0.717) is 11.8 Å². The number of hydrogen-bond donors (Lipinski definition) is 1. The minimum absolute atomic E-state index is 0.00625. The maximum Gasteiger partial charge on any atom is 0.163 e. The molecule has 1 N–H and O–H groups in total. The first-order valence-corrected chi connectivity index (χ1v) is 13.8. The van der Waals surface area contributed by atoms with E-state index in [1.165, 1.54) is 11.1 Å². The molecule has 1 aliphatic heterocycles. The van der Waals surface area contributed by atoms with Gasteiger partial charge in [0.2, 0.25) is 0 Å². The van der Waals surface area contributed by atoms with Crippen LogP contribution in [0.3, 0.4) is 0 Å². The highest BCUT2D eigenvalue weighted by Crippen LogP contribution is 2.65. The summed E-state index contributed by atoms with van der Waals surface area (Å²) in [4.78, 5) is 13.6. The van der Waals surface area contributed by atoms with E-state index in [2.05, 4.69) is 40.7 Å². The van der Waals surface area contributed by atoms with E-state index in [1.807, 2.05) is 19.9 Å². The van der Waals surface area contributed by atoms with Crippen molar-refractivity contribution in [3.8, 4) is 0 Å². The zero-order chi connectivity index (χ0) is 24.7. The van der Waals surface area contributed by atoms with Crippen LogP contribution in [-0.4, -0.2) is 34.5 Å². The van der Waals surface area contributed by atoms with Crippen LogP contribution in [0.5, 0.6) is 0 Å². The fraction of sp³-hybridized carbons (Fsp3) is 0.833. The van der Waals surface area contributed by atoms with E-state index >= 15 is 0 Å². The number of ketones is 1. The molecule has 4 heteroatoms. The minimum atomic E-state index is -0.659. The van der Waals surface area contributed by atoms with Gasteiger partial charge in [-0.05, 0) is 99.7 Å². The first-order chi connectivity index (χ1) is 15.8. The van der Waals surface area contributed by atoms with Gasteiger partial charge in [0.15, 0.2) is 11.6 Å². The van der Waals surface area contributed by atoms with Crippen LogP contribution in [0.4, 0.5) is 0 Å². The lowest BCUT2D eigenvalue weighted by atomic mass is 9.51. The van der Waals surface area contributed by atoms with Gasteiger partial charge in [-0.25, -0.2) is 0 Å². The van der Waals surface area contributed by atoms with Crippen molar-refractivity contribution in [2.75, 3.05) is 0 Å². The first kappa shape index (κ1) is 24.7. The van der Waals surface area contributed by atoms with Crippen LogP contribution < -0.4 is 0 Å².